The number of thioether (sulfide) groups is 1. The first-order valence-electron chi connectivity index (χ1n) is 8.38. The van der Waals surface area contributed by atoms with E-state index in [9.17, 15) is 9.59 Å². The van der Waals surface area contributed by atoms with E-state index in [2.05, 4.69) is 12.2 Å². The average Bonchev–Trinajstić information content (AvgIpc) is 2.55. The van der Waals surface area contributed by atoms with Crippen molar-refractivity contribution in [3.63, 3.8) is 0 Å². The number of amides is 2. The second-order valence-electron chi connectivity index (χ2n) is 6.51. The summed E-state index contributed by atoms with van der Waals surface area (Å²) in [6.45, 7) is 4.34. The molecule has 1 atom stereocenters. The van der Waals surface area contributed by atoms with Gasteiger partial charge in [-0.3, -0.25) is 14.5 Å². The van der Waals surface area contributed by atoms with Gasteiger partial charge in [0.2, 0.25) is 11.8 Å². The number of para-hydroxylation sites is 1. The Bertz CT molecular complexity index is 579. The Hall–Kier alpha value is -1.53. The molecule has 24 heavy (non-hydrogen) atoms. The molecule has 0 saturated carbocycles. The van der Waals surface area contributed by atoms with E-state index >= 15 is 0 Å². The van der Waals surface area contributed by atoms with Crippen molar-refractivity contribution >= 4 is 29.3 Å². The van der Waals surface area contributed by atoms with Crippen LogP contribution < -0.4 is 5.32 Å². The number of carbonyl (C=O) groups excluding carboxylic acids is 2. The lowest BCUT2D eigenvalue weighted by atomic mass is 10.0. The van der Waals surface area contributed by atoms with E-state index in [1.807, 2.05) is 42.5 Å². The van der Waals surface area contributed by atoms with Crippen LogP contribution in [0.3, 0.4) is 0 Å². The molecule has 1 aliphatic rings. The largest absolute Gasteiger partial charge is 0.341 e. The Labute approximate surface area is 148 Å². The molecule has 2 rings (SSSR count). The maximum absolute atomic E-state index is 12.3. The van der Waals surface area contributed by atoms with Crippen molar-refractivity contribution in [1.29, 1.82) is 0 Å². The number of benzene rings is 1. The highest BCUT2D eigenvalue weighted by atomic mass is 32.2. The van der Waals surface area contributed by atoms with Crippen LogP contribution in [0, 0.1) is 5.92 Å². The van der Waals surface area contributed by atoms with Crippen LogP contribution in [0.4, 0.5) is 5.69 Å². The molecule has 1 fully saturated rings. The lowest BCUT2D eigenvalue weighted by Gasteiger charge is -2.32. The summed E-state index contributed by atoms with van der Waals surface area (Å²) >= 11 is 1.60. The SMILES string of the molecule is CSc1ccccc1NC(=O)CN(C)CC(=O)N1CCC[C@@H](C)C1. The van der Waals surface area contributed by atoms with Crippen LogP contribution in [-0.2, 0) is 9.59 Å². The zero-order chi connectivity index (χ0) is 17.5. The molecule has 1 aliphatic heterocycles. The molecule has 0 bridgehead atoms. The summed E-state index contributed by atoms with van der Waals surface area (Å²) in [5, 5.41) is 2.93. The van der Waals surface area contributed by atoms with Gasteiger partial charge in [0, 0.05) is 18.0 Å². The molecule has 2 amide bonds. The summed E-state index contributed by atoms with van der Waals surface area (Å²) in [7, 11) is 1.81. The van der Waals surface area contributed by atoms with E-state index in [0.29, 0.717) is 5.92 Å². The molecule has 1 N–H and O–H groups in total. The van der Waals surface area contributed by atoms with Crippen molar-refractivity contribution in [2.75, 3.05) is 44.8 Å². The van der Waals surface area contributed by atoms with Crippen LogP contribution in [0.2, 0.25) is 0 Å². The van der Waals surface area contributed by atoms with Gasteiger partial charge in [-0.1, -0.05) is 19.1 Å². The van der Waals surface area contributed by atoms with Crippen LogP contribution in [0.1, 0.15) is 19.8 Å². The second-order valence-corrected chi connectivity index (χ2v) is 7.36. The number of nitrogens with zero attached hydrogens (tertiary/aromatic N) is 2. The van der Waals surface area contributed by atoms with Crippen LogP contribution in [0.5, 0.6) is 0 Å². The minimum atomic E-state index is -0.0983. The van der Waals surface area contributed by atoms with Crippen molar-refractivity contribution in [1.82, 2.24) is 9.80 Å². The van der Waals surface area contributed by atoms with Crippen LogP contribution in [0.15, 0.2) is 29.2 Å². The van der Waals surface area contributed by atoms with E-state index in [0.717, 1.165) is 30.1 Å². The van der Waals surface area contributed by atoms with E-state index in [-0.39, 0.29) is 24.9 Å². The number of hydrogen-bond donors (Lipinski definition) is 1. The molecule has 1 aromatic carbocycles. The third kappa shape index (κ3) is 5.53. The molecule has 1 aromatic rings. The Morgan fingerprint density at radius 1 is 1.33 bits per heavy atom. The topological polar surface area (TPSA) is 52.7 Å². The normalized spacial score (nSPS) is 17.8. The summed E-state index contributed by atoms with van der Waals surface area (Å²) in [5.41, 5.74) is 0.819. The quantitative estimate of drug-likeness (QED) is 0.802. The first-order chi connectivity index (χ1) is 11.5. The zero-order valence-corrected chi connectivity index (χ0v) is 15.6. The number of likely N-dealkylation sites (N-methyl/N-ethyl adjacent to an activating group) is 1. The van der Waals surface area contributed by atoms with E-state index < -0.39 is 0 Å². The summed E-state index contributed by atoms with van der Waals surface area (Å²) in [4.78, 5) is 29.3. The zero-order valence-electron chi connectivity index (χ0n) is 14.7. The van der Waals surface area contributed by atoms with Gasteiger partial charge in [0.1, 0.15) is 0 Å². The van der Waals surface area contributed by atoms with Crippen molar-refractivity contribution in [3.05, 3.63) is 24.3 Å². The number of anilines is 1. The van der Waals surface area contributed by atoms with Crippen LogP contribution in [0.25, 0.3) is 0 Å². The molecule has 1 heterocycles. The maximum atomic E-state index is 12.3. The molecule has 1 saturated heterocycles. The van der Waals surface area contributed by atoms with Gasteiger partial charge in [-0.25, -0.2) is 0 Å². The lowest BCUT2D eigenvalue weighted by Crippen LogP contribution is -2.45. The Kier molecular flexibility index (Phi) is 7.12. The number of rotatable bonds is 6. The molecule has 5 nitrogen and oxygen atoms in total. The number of nitrogens with one attached hydrogen (secondary N) is 1. The number of piperidine rings is 1. The predicted molar refractivity (Wildman–Crippen MR) is 99.3 cm³/mol. The Morgan fingerprint density at radius 2 is 2.08 bits per heavy atom. The Morgan fingerprint density at radius 3 is 2.79 bits per heavy atom. The first kappa shape index (κ1) is 18.8. The van der Waals surface area contributed by atoms with Gasteiger partial charge in [-0.15, -0.1) is 11.8 Å². The molecule has 6 heteroatoms. The van der Waals surface area contributed by atoms with Crippen molar-refractivity contribution in [3.8, 4) is 0 Å². The van der Waals surface area contributed by atoms with Crippen LogP contribution in [-0.4, -0.2) is 61.1 Å². The minimum Gasteiger partial charge on any atom is -0.341 e. The molecular weight excluding hydrogens is 322 g/mol. The number of carbonyl (C=O) groups is 2. The highest BCUT2D eigenvalue weighted by Crippen LogP contribution is 2.24. The van der Waals surface area contributed by atoms with Gasteiger partial charge in [0.25, 0.3) is 0 Å². The van der Waals surface area contributed by atoms with Crippen molar-refractivity contribution in [2.45, 2.75) is 24.7 Å². The second kappa shape index (κ2) is 9.08. The smallest absolute Gasteiger partial charge is 0.238 e. The molecule has 0 radical (unpaired) electrons. The van der Waals surface area contributed by atoms with Gasteiger partial charge >= 0.3 is 0 Å². The third-order valence-electron chi connectivity index (χ3n) is 4.21. The number of hydrogen-bond acceptors (Lipinski definition) is 4. The third-order valence-corrected chi connectivity index (χ3v) is 5.01. The molecular formula is C18H27N3O2S. The lowest BCUT2D eigenvalue weighted by molar-refractivity contribution is -0.134. The fourth-order valence-electron chi connectivity index (χ4n) is 2.99. The van der Waals surface area contributed by atoms with Gasteiger partial charge in [0.15, 0.2) is 0 Å². The summed E-state index contributed by atoms with van der Waals surface area (Å²) in [6, 6.07) is 7.72. The van der Waals surface area contributed by atoms with Gasteiger partial charge in [-0.2, -0.15) is 0 Å². The first-order valence-corrected chi connectivity index (χ1v) is 9.61. The van der Waals surface area contributed by atoms with Gasteiger partial charge in [0.05, 0.1) is 18.8 Å². The molecule has 132 valence electrons. The molecule has 0 unspecified atom stereocenters. The summed E-state index contributed by atoms with van der Waals surface area (Å²) in [5.74, 6) is 0.583. The molecule has 0 aliphatic carbocycles. The van der Waals surface area contributed by atoms with E-state index in [1.54, 1.807) is 16.7 Å². The van der Waals surface area contributed by atoms with Crippen molar-refractivity contribution in [2.24, 2.45) is 5.92 Å². The standard InChI is InChI=1S/C18H27N3O2S/c1-14-7-6-10-21(11-14)18(23)13-20(2)12-17(22)19-15-8-4-5-9-16(15)24-3/h4-5,8-9,14H,6-7,10-13H2,1-3H3,(H,19,22)/t14-/m1/s1. The number of likely N-dealkylation sites (tertiary alicyclic amines) is 1. The minimum absolute atomic E-state index is 0.0983. The fourth-order valence-corrected chi connectivity index (χ4v) is 3.54. The molecule has 0 spiro atoms. The van der Waals surface area contributed by atoms with E-state index in [1.165, 1.54) is 6.42 Å². The monoisotopic (exact) mass is 349 g/mol. The van der Waals surface area contributed by atoms with Crippen LogP contribution >= 0.6 is 11.8 Å². The Balaban J connectivity index is 1.82. The fraction of sp³-hybridized carbons (Fsp3) is 0.556. The highest BCUT2D eigenvalue weighted by Gasteiger charge is 2.22. The van der Waals surface area contributed by atoms with Crippen molar-refractivity contribution < 1.29 is 9.59 Å². The summed E-state index contributed by atoms with van der Waals surface area (Å²) < 4.78 is 0. The maximum Gasteiger partial charge on any atom is 0.238 e. The van der Waals surface area contributed by atoms with E-state index in [4.69, 9.17) is 0 Å². The van der Waals surface area contributed by atoms with Gasteiger partial charge < -0.3 is 10.2 Å². The molecule has 0 aromatic heterocycles. The summed E-state index contributed by atoms with van der Waals surface area (Å²) in [6.07, 6.45) is 4.24. The van der Waals surface area contributed by atoms with Gasteiger partial charge in [-0.05, 0) is 44.2 Å². The highest BCUT2D eigenvalue weighted by molar-refractivity contribution is 7.98. The predicted octanol–water partition coefficient (Wildman–Crippen LogP) is 2.54. The average molecular weight is 350 g/mol.